The molecule has 4 heteroatoms. The molecule has 4 nitrogen and oxygen atoms in total. The summed E-state index contributed by atoms with van der Waals surface area (Å²) >= 11 is 0. The Balaban J connectivity index is 1.04. The third-order valence-corrected chi connectivity index (χ3v) is 13.2. The van der Waals surface area contributed by atoms with Crippen molar-refractivity contribution >= 4 is 62.0 Å². The fourth-order valence-corrected chi connectivity index (χ4v) is 10.0. The number of hydrogen-bond acceptors (Lipinski definition) is 4. The molecule has 0 aliphatic carbocycles. The summed E-state index contributed by atoms with van der Waals surface area (Å²) in [6.45, 7) is 0. The molecule has 328 valence electrons. The molecule has 1 atom stereocenters. The molecule has 0 fully saturated rings. The maximum Gasteiger partial charge on any atom is 0.185 e. The molecule has 0 radical (unpaired) electrons. The first kappa shape index (κ1) is 41.3. The minimum Gasteiger partial charge on any atom is -0.472 e. The van der Waals surface area contributed by atoms with Crippen molar-refractivity contribution in [2.75, 3.05) is 14.7 Å². The van der Waals surface area contributed by atoms with E-state index in [-0.39, 0.29) is 0 Å². The molecule has 11 aromatic rings. The average Bonchev–Trinajstić information content (AvgIpc) is 3.43. The molecule has 0 spiro atoms. The van der Waals surface area contributed by atoms with Gasteiger partial charge in [-0.15, -0.1) is 0 Å². The number of para-hydroxylation sites is 5. The zero-order valence-corrected chi connectivity index (χ0v) is 37.9. The Morgan fingerprint density at radius 2 is 0.594 bits per heavy atom. The predicted octanol–water partition coefficient (Wildman–Crippen LogP) is 17.6. The van der Waals surface area contributed by atoms with Crippen LogP contribution in [0.15, 0.2) is 285 Å². The summed E-state index contributed by atoms with van der Waals surface area (Å²) < 4.78 is 7.81. The number of anilines is 9. The molecule has 0 amide bonds. The molecule has 0 N–H and O–H groups in total. The fourth-order valence-electron chi connectivity index (χ4n) is 10.0. The van der Waals surface area contributed by atoms with E-state index in [2.05, 4.69) is 300 Å². The number of rotatable bonds is 11. The Morgan fingerprint density at radius 1 is 0.246 bits per heavy atom. The van der Waals surface area contributed by atoms with Crippen LogP contribution in [0.5, 0.6) is 5.75 Å². The fraction of sp³-hybridized carbons (Fsp3) is 0.0154. The molecule has 1 heterocycles. The van der Waals surface area contributed by atoms with E-state index in [9.17, 15) is 0 Å². The molecule has 0 saturated heterocycles. The third-order valence-electron chi connectivity index (χ3n) is 13.2. The SMILES string of the molecule is c1ccc(N(c2ccccc2)c2ccc(C3(c4ccc(N(c5ccccc5)c5ccc6ccccc6c5)cc4)Oc4cc(N(c5ccccc5)c5ccccc5)ccc4-c4ccccc43)cc2)cc1. The Labute approximate surface area is 403 Å². The minimum atomic E-state index is -1.05. The van der Waals surface area contributed by atoms with Crippen molar-refractivity contribution < 1.29 is 4.74 Å². The van der Waals surface area contributed by atoms with Gasteiger partial charge < -0.3 is 19.4 Å². The molecule has 69 heavy (non-hydrogen) atoms. The van der Waals surface area contributed by atoms with Gasteiger partial charge in [0.15, 0.2) is 5.60 Å². The van der Waals surface area contributed by atoms with E-state index in [4.69, 9.17) is 4.74 Å². The number of fused-ring (bicyclic) bond motifs is 4. The minimum absolute atomic E-state index is 0.800. The van der Waals surface area contributed by atoms with Gasteiger partial charge in [0.2, 0.25) is 0 Å². The maximum atomic E-state index is 7.81. The van der Waals surface area contributed by atoms with Crippen LogP contribution in [0, 0.1) is 0 Å². The van der Waals surface area contributed by atoms with E-state index in [1.54, 1.807) is 0 Å². The average molecular weight is 886 g/mol. The van der Waals surface area contributed by atoms with Crippen LogP contribution >= 0.6 is 0 Å². The first-order valence-electron chi connectivity index (χ1n) is 23.5. The third kappa shape index (κ3) is 7.64. The molecule has 1 unspecified atom stereocenters. The van der Waals surface area contributed by atoms with Crippen molar-refractivity contribution in [2.45, 2.75) is 5.60 Å². The quantitative estimate of drug-likeness (QED) is 0.129. The van der Waals surface area contributed by atoms with Crippen LogP contribution in [0.1, 0.15) is 16.7 Å². The second-order valence-corrected chi connectivity index (χ2v) is 17.3. The summed E-state index contributed by atoms with van der Waals surface area (Å²) in [5.41, 5.74) is 13.8. The second-order valence-electron chi connectivity index (χ2n) is 17.3. The monoisotopic (exact) mass is 885 g/mol. The summed E-state index contributed by atoms with van der Waals surface area (Å²) in [4.78, 5) is 6.93. The van der Waals surface area contributed by atoms with E-state index < -0.39 is 5.60 Å². The smallest absolute Gasteiger partial charge is 0.185 e. The summed E-state index contributed by atoms with van der Waals surface area (Å²) in [7, 11) is 0. The van der Waals surface area contributed by atoms with Crippen molar-refractivity contribution in [1.29, 1.82) is 0 Å². The van der Waals surface area contributed by atoms with Gasteiger partial charge in [-0.25, -0.2) is 0 Å². The van der Waals surface area contributed by atoms with Gasteiger partial charge in [-0.2, -0.15) is 0 Å². The Kier molecular flexibility index (Phi) is 10.7. The Bertz CT molecular complexity index is 3430. The zero-order valence-electron chi connectivity index (χ0n) is 37.9. The van der Waals surface area contributed by atoms with Gasteiger partial charge >= 0.3 is 0 Å². The van der Waals surface area contributed by atoms with E-state index in [0.717, 1.165) is 84.8 Å². The Hall–Kier alpha value is -9.12. The largest absolute Gasteiger partial charge is 0.472 e. The van der Waals surface area contributed by atoms with Gasteiger partial charge in [0.1, 0.15) is 5.75 Å². The topological polar surface area (TPSA) is 19.0 Å². The van der Waals surface area contributed by atoms with Gasteiger partial charge in [-0.3, -0.25) is 0 Å². The van der Waals surface area contributed by atoms with Crippen LogP contribution < -0.4 is 19.4 Å². The number of ether oxygens (including phenoxy) is 1. The highest BCUT2D eigenvalue weighted by Crippen LogP contribution is 2.54. The lowest BCUT2D eigenvalue weighted by Gasteiger charge is -2.42. The summed E-state index contributed by atoms with van der Waals surface area (Å²) in [6.07, 6.45) is 0. The van der Waals surface area contributed by atoms with Crippen LogP contribution in [0.2, 0.25) is 0 Å². The first-order valence-corrected chi connectivity index (χ1v) is 23.5. The highest BCUT2D eigenvalue weighted by atomic mass is 16.5. The van der Waals surface area contributed by atoms with Gasteiger partial charge in [0.25, 0.3) is 0 Å². The van der Waals surface area contributed by atoms with Crippen molar-refractivity contribution in [2.24, 2.45) is 0 Å². The molecule has 1 aliphatic heterocycles. The van der Waals surface area contributed by atoms with Crippen molar-refractivity contribution in [3.8, 4) is 16.9 Å². The number of nitrogens with zero attached hydrogens (tertiary/aromatic N) is 3. The van der Waals surface area contributed by atoms with Crippen molar-refractivity contribution in [1.82, 2.24) is 0 Å². The van der Waals surface area contributed by atoms with Gasteiger partial charge in [-0.05, 0) is 126 Å². The van der Waals surface area contributed by atoms with Gasteiger partial charge in [-0.1, -0.05) is 170 Å². The molecular formula is C65H47N3O. The van der Waals surface area contributed by atoms with E-state index in [0.29, 0.717) is 0 Å². The zero-order chi connectivity index (χ0) is 46.0. The van der Waals surface area contributed by atoms with Gasteiger partial charge in [0.05, 0.1) is 0 Å². The number of benzene rings is 11. The molecule has 11 aromatic carbocycles. The van der Waals surface area contributed by atoms with Gasteiger partial charge in [0, 0.05) is 79.5 Å². The molecule has 0 bridgehead atoms. The number of hydrogen-bond donors (Lipinski definition) is 0. The van der Waals surface area contributed by atoms with Crippen LogP contribution in [-0.4, -0.2) is 0 Å². The molecule has 12 rings (SSSR count). The van der Waals surface area contributed by atoms with E-state index >= 15 is 0 Å². The van der Waals surface area contributed by atoms with Crippen LogP contribution in [0.4, 0.5) is 51.2 Å². The lowest BCUT2D eigenvalue weighted by atomic mass is 9.75. The van der Waals surface area contributed by atoms with Crippen LogP contribution in [0.25, 0.3) is 21.9 Å². The molecular weight excluding hydrogens is 839 g/mol. The highest BCUT2D eigenvalue weighted by molar-refractivity contribution is 5.90. The summed E-state index contributed by atoms with van der Waals surface area (Å²) in [5, 5.41) is 2.40. The highest BCUT2D eigenvalue weighted by Gasteiger charge is 2.45. The van der Waals surface area contributed by atoms with E-state index in [1.165, 1.54) is 10.8 Å². The Morgan fingerprint density at radius 3 is 1.07 bits per heavy atom. The predicted molar refractivity (Wildman–Crippen MR) is 287 cm³/mol. The summed E-state index contributed by atoms with van der Waals surface area (Å²) in [6, 6.07) is 101. The lowest BCUT2D eigenvalue weighted by Crippen LogP contribution is -2.38. The lowest BCUT2D eigenvalue weighted by molar-refractivity contribution is 0.152. The van der Waals surface area contributed by atoms with Crippen LogP contribution in [0.3, 0.4) is 0 Å². The molecule has 0 saturated carbocycles. The second kappa shape index (κ2) is 17.9. The first-order chi connectivity index (χ1) is 34.2. The summed E-state index contributed by atoms with van der Waals surface area (Å²) in [5.74, 6) is 0.800. The van der Waals surface area contributed by atoms with E-state index in [1.807, 2.05) is 0 Å². The van der Waals surface area contributed by atoms with Crippen LogP contribution in [-0.2, 0) is 5.60 Å². The van der Waals surface area contributed by atoms with Crippen molar-refractivity contribution in [3.63, 3.8) is 0 Å². The molecule has 0 aromatic heterocycles. The molecule has 1 aliphatic rings. The normalized spacial score (nSPS) is 13.7. The van der Waals surface area contributed by atoms with Crippen molar-refractivity contribution in [3.05, 3.63) is 302 Å². The standard InChI is InChI=1S/C65H47N3O/c1-6-22-52(23-7-1)66(53-24-8-2-9-25-53)57-40-35-50(36-41-57)65(51-37-42-58(43-38-51)68(56-30-14-5-15-31-56)59-39-34-48-20-16-17-21-49(48)46-59)63-33-19-18-32-61(63)62-45-44-60(47-64(62)69-65)67(54-26-10-3-11-27-54)55-28-12-4-13-29-55/h1-47H. The maximum absolute atomic E-state index is 7.81.